The number of hydrogen-bond donors (Lipinski definition) is 0. The molecule has 0 amide bonds. The summed E-state index contributed by atoms with van der Waals surface area (Å²) in [7, 11) is 0. The number of aromatic nitrogens is 3. The molecule has 0 N–H and O–H groups in total. The molecule has 0 bridgehead atoms. The van der Waals surface area contributed by atoms with E-state index in [2.05, 4.69) is 14.6 Å². The molecule has 0 unspecified atom stereocenters. The normalized spacial score (nSPS) is 19.5. The Morgan fingerprint density at radius 1 is 1.12 bits per heavy atom. The van der Waals surface area contributed by atoms with Crippen molar-refractivity contribution in [1.29, 1.82) is 0 Å². The van der Waals surface area contributed by atoms with Gasteiger partial charge >= 0.3 is 0 Å². The summed E-state index contributed by atoms with van der Waals surface area (Å²) in [4.78, 5) is 14.9. The van der Waals surface area contributed by atoms with E-state index in [9.17, 15) is 4.79 Å². The SMILES string of the molecule is O=C(c1ccccc1)C1CCN(Cn2ncn(C3CC3)c2=S)CC1. The fourth-order valence-corrected chi connectivity index (χ4v) is 3.72. The molecule has 0 radical (unpaired) electrons. The first-order chi connectivity index (χ1) is 11.7. The largest absolute Gasteiger partial charge is 0.303 e. The zero-order chi connectivity index (χ0) is 16.5. The number of carbonyl (C=O) groups excluding carboxylic acids is 1. The van der Waals surface area contributed by atoms with Gasteiger partial charge in [-0.3, -0.25) is 9.69 Å². The van der Waals surface area contributed by atoms with E-state index in [0.717, 1.165) is 42.9 Å². The molecular weight excluding hydrogens is 320 g/mol. The number of Topliss-reactive ketones (excluding diaryl/α,β-unsaturated/α-hetero) is 1. The van der Waals surface area contributed by atoms with Crippen molar-refractivity contribution >= 4 is 18.0 Å². The lowest BCUT2D eigenvalue weighted by Gasteiger charge is -2.30. The van der Waals surface area contributed by atoms with Gasteiger partial charge in [-0.25, -0.2) is 4.68 Å². The van der Waals surface area contributed by atoms with Gasteiger partial charge in [0.1, 0.15) is 6.33 Å². The van der Waals surface area contributed by atoms with Crippen LogP contribution in [0.3, 0.4) is 0 Å². The Balaban J connectivity index is 1.35. The molecule has 1 aliphatic carbocycles. The van der Waals surface area contributed by atoms with E-state index >= 15 is 0 Å². The Kier molecular flexibility index (Phi) is 4.33. The first kappa shape index (κ1) is 15.7. The van der Waals surface area contributed by atoms with Gasteiger partial charge in [-0.2, -0.15) is 5.10 Å². The van der Waals surface area contributed by atoms with E-state index in [1.165, 1.54) is 12.8 Å². The van der Waals surface area contributed by atoms with E-state index in [-0.39, 0.29) is 11.7 Å². The van der Waals surface area contributed by atoms with Crippen molar-refractivity contribution in [3.05, 3.63) is 47.0 Å². The predicted octanol–water partition coefficient (Wildman–Crippen LogP) is 3.30. The molecule has 126 valence electrons. The fourth-order valence-electron chi connectivity index (χ4n) is 3.41. The van der Waals surface area contributed by atoms with Crippen LogP contribution in [0.5, 0.6) is 0 Å². The summed E-state index contributed by atoms with van der Waals surface area (Å²) in [6, 6.07) is 10.2. The smallest absolute Gasteiger partial charge is 0.199 e. The average molecular weight is 342 g/mol. The first-order valence-corrected chi connectivity index (χ1v) is 9.09. The summed E-state index contributed by atoms with van der Waals surface area (Å²) < 4.78 is 4.84. The lowest BCUT2D eigenvalue weighted by molar-refractivity contribution is 0.0803. The maximum atomic E-state index is 12.5. The Morgan fingerprint density at radius 2 is 1.83 bits per heavy atom. The molecule has 0 atom stereocenters. The van der Waals surface area contributed by atoms with Crippen LogP contribution < -0.4 is 0 Å². The molecule has 2 aromatic rings. The lowest BCUT2D eigenvalue weighted by Crippen LogP contribution is -2.37. The highest BCUT2D eigenvalue weighted by atomic mass is 32.1. The molecule has 0 spiro atoms. The second kappa shape index (κ2) is 6.61. The third kappa shape index (κ3) is 3.21. The third-order valence-corrected chi connectivity index (χ3v) is 5.47. The monoisotopic (exact) mass is 342 g/mol. The summed E-state index contributed by atoms with van der Waals surface area (Å²) in [5.74, 6) is 0.422. The molecule has 4 rings (SSSR count). The molecule has 24 heavy (non-hydrogen) atoms. The molecule has 2 heterocycles. The number of benzene rings is 1. The quantitative estimate of drug-likeness (QED) is 0.618. The summed E-state index contributed by atoms with van der Waals surface area (Å²) >= 11 is 5.52. The van der Waals surface area contributed by atoms with Crippen molar-refractivity contribution in [2.75, 3.05) is 13.1 Å². The summed E-state index contributed by atoms with van der Waals surface area (Å²) in [6.07, 6.45) is 6.11. The highest BCUT2D eigenvalue weighted by Gasteiger charge is 2.27. The van der Waals surface area contributed by atoms with Gasteiger partial charge in [0.2, 0.25) is 0 Å². The van der Waals surface area contributed by atoms with Crippen molar-refractivity contribution in [3.63, 3.8) is 0 Å². The number of carbonyl (C=O) groups is 1. The Bertz CT molecular complexity index is 770. The van der Waals surface area contributed by atoms with Crippen molar-refractivity contribution in [2.24, 2.45) is 5.92 Å². The number of nitrogens with zero attached hydrogens (tertiary/aromatic N) is 4. The molecule has 1 saturated carbocycles. The zero-order valence-corrected chi connectivity index (χ0v) is 14.5. The van der Waals surface area contributed by atoms with Crippen molar-refractivity contribution < 1.29 is 4.79 Å². The molecule has 2 aliphatic rings. The maximum absolute atomic E-state index is 12.5. The van der Waals surface area contributed by atoms with Crippen LogP contribution in [0.1, 0.15) is 42.1 Å². The van der Waals surface area contributed by atoms with E-state index < -0.39 is 0 Å². The van der Waals surface area contributed by atoms with Crippen LogP contribution in [0.25, 0.3) is 0 Å². The molecule has 1 aromatic carbocycles. The third-order valence-electron chi connectivity index (χ3n) is 5.05. The second-order valence-electron chi connectivity index (χ2n) is 6.82. The molecule has 1 aromatic heterocycles. The second-order valence-corrected chi connectivity index (χ2v) is 7.18. The van der Waals surface area contributed by atoms with Crippen LogP contribution in [0.15, 0.2) is 36.7 Å². The van der Waals surface area contributed by atoms with Crippen molar-refractivity contribution in [3.8, 4) is 0 Å². The molecular formula is C18H22N4OS. The minimum absolute atomic E-state index is 0.139. The van der Waals surface area contributed by atoms with Gasteiger partial charge in [0.05, 0.1) is 6.67 Å². The number of likely N-dealkylation sites (tertiary alicyclic amines) is 1. The van der Waals surface area contributed by atoms with Crippen LogP contribution in [0.2, 0.25) is 0 Å². The van der Waals surface area contributed by atoms with Gasteiger partial charge in [0, 0.05) is 30.6 Å². The maximum Gasteiger partial charge on any atom is 0.199 e. The molecule has 5 nitrogen and oxygen atoms in total. The topological polar surface area (TPSA) is 43.1 Å². The van der Waals surface area contributed by atoms with Crippen LogP contribution in [0, 0.1) is 10.7 Å². The number of rotatable bonds is 5. The van der Waals surface area contributed by atoms with E-state index in [1.54, 1.807) is 0 Å². The van der Waals surface area contributed by atoms with Crippen molar-refractivity contribution in [1.82, 2.24) is 19.2 Å². The number of piperidine rings is 1. The Morgan fingerprint density at radius 3 is 2.50 bits per heavy atom. The Hall–Kier alpha value is -1.79. The van der Waals surface area contributed by atoms with E-state index in [4.69, 9.17) is 12.2 Å². The van der Waals surface area contributed by atoms with Crippen LogP contribution in [-0.4, -0.2) is 38.1 Å². The lowest BCUT2D eigenvalue weighted by atomic mass is 9.89. The molecule has 1 aliphatic heterocycles. The molecule has 6 heteroatoms. The summed E-state index contributed by atoms with van der Waals surface area (Å²) in [5, 5.41) is 4.44. The highest BCUT2D eigenvalue weighted by molar-refractivity contribution is 7.71. The first-order valence-electron chi connectivity index (χ1n) is 8.68. The van der Waals surface area contributed by atoms with E-state index in [0.29, 0.717) is 6.04 Å². The van der Waals surface area contributed by atoms with Crippen LogP contribution in [0.4, 0.5) is 0 Å². The predicted molar refractivity (Wildman–Crippen MR) is 94.4 cm³/mol. The van der Waals surface area contributed by atoms with Crippen LogP contribution in [-0.2, 0) is 6.67 Å². The van der Waals surface area contributed by atoms with Gasteiger partial charge in [0.25, 0.3) is 0 Å². The average Bonchev–Trinajstić information content (AvgIpc) is 3.41. The van der Waals surface area contributed by atoms with Crippen LogP contribution >= 0.6 is 12.2 Å². The summed E-state index contributed by atoms with van der Waals surface area (Å²) in [6.45, 7) is 2.56. The van der Waals surface area contributed by atoms with Gasteiger partial charge in [-0.05, 0) is 37.9 Å². The molecule has 2 fully saturated rings. The number of ketones is 1. The van der Waals surface area contributed by atoms with Gasteiger partial charge in [-0.15, -0.1) is 0 Å². The van der Waals surface area contributed by atoms with Gasteiger partial charge < -0.3 is 4.57 Å². The standard InChI is InChI=1S/C18H22N4OS/c23-17(14-4-2-1-3-5-14)15-8-10-20(11-9-15)13-22-18(24)21(12-19-22)16-6-7-16/h1-5,12,15-16H,6-11,13H2. The summed E-state index contributed by atoms with van der Waals surface area (Å²) in [5.41, 5.74) is 0.835. The minimum atomic E-state index is 0.139. The molecule has 1 saturated heterocycles. The Labute approximate surface area is 146 Å². The fraction of sp³-hybridized carbons (Fsp3) is 0.500. The van der Waals surface area contributed by atoms with E-state index in [1.807, 2.05) is 41.3 Å². The van der Waals surface area contributed by atoms with Gasteiger partial charge in [-0.1, -0.05) is 30.3 Å². The highest BCUT2D eigenvalue weighted by Crippen LogP contribution is 2.34. The number of hydrogen-bond acceptors (Lipinski definition) is 4. The van der Waals surface area contributed by atoms with Gasteiger partial charge in [0.15, 0.2) is 10.6 Å². The van der Waals surface area contributed by atoms with Crippen molar-refractivity contribution in [2.45, 2.75) is 38.4 Å². The zero-order valence-electron chi connectivity index (χ0n) is 13.7. The minimum Gasteiger partial charge on any atom is -0.303 e.